The molecule has 0 fully saturated rings. The van der Waals surface area contributed by atoms with Crippen LogP contribution in [0.4, 0.5) is 5.69 Å². The topological polar surface area (TPSA) is 86.8 Å². The highest BCUT2D eigenvalue weighted by Crippen LogP contribution is 2.31. The second-order valence-corrected chi connectivity index (χ2v) is 12.3. The highest BCUT2D eigenvalue weighted by Gasteiger charge is 2.33. The lowest BCUT2D eigenvalue weighted by Crippen LogP contribution is -2.52. The Labute approximate surface area is 251 Å². The van der Waals surface area contributed by atoms with Gasteiger partial charge in [-0.1, -0.05) is 85.4 Å². The predicted molar refractivity (Wildman–Crippen MR) is 161 cm³/mol. The maximum atomic E-state index is 14.0. The van der Waals surface area contributed by atoms with Crippen LogP contribution in [0.25, 0.3) is 0 Å². The smallest absolute Gasteiger partial charge is 0.264 e. The van der Waals surface area contributed by atoms with E-state index in [1.807, 2.05) is 13.8 Å². The summed E-state index contributed by atoms with van der Waals surface area (Å²) in [6.45, 7) is 3.82. The number of nitrogens with zero attached hydrogens (tertiary/aromatic N) is 2. The summed E-state index contributed by atoms with van der Waals surface area (Å²) in [5, 5.41) is 3.82. The van der Waals surface area contributed by atoms with Crippen molar-refractivity contribution in [2.45, 2.75) is 50.6 Å². The molecule has 0 aliphatic heterocycles. The number of carbonyl (C=O) groups is 2. The van der Waals surface area contributed by atoms with Gasteiger partial charge in [0.25, 0.3) is 10.0 Å². The van der Waals surface area contributed by atoms with E-state index in [-0.39, 0.29) is 33.1 Å². The third kappa shape index (κ3) is 8.13. The molecular weight excluding hydrogens is 593 g/mol. The number of hydrogen-bond acceptors (Lipinski definition) is 4. The fourth-order valence-electron chi connectivity index (χ4n) is 4.10. The molecule has 3 aromatic carbocycles. The van der Waals surface area contributed by atoms with Crippen molar-refractivity contribution in [3.05, 3.63) is 93.4 Å². The first-order valence-electron chi connectivity index (χ1n) is 12.9. The maximum absolute atomic E-state index is 14.0. The van der Waals surface area contributed by atoms with E-state index in [0.29, 0.717) is 18.0 Å². The minimum Gasteiger partial charge on any atom is -0.354 e. The summed E-state index contributed by atoms with van der Waals surface area (Å²) in [5.41, 5.74) is 0.906. The Balaban J connectivity index is 2.04. The Morgan fingerprint density at radius 3 is 2.17 bits per heavy atom. The summed E-state index contributed by atoms with van der Waals surface area (Å²) in [6, 6.07) is 18.3. The summed E-state index contributed by atoms with van der Waals surface area (Å²) in [4.78, 5) is 28.6. The Kier molecular flexibility index (Phi) is 11.7. The van der Waals surface area contributed by atoms with Gasteiger partial charge >= 0.3 is 0 Å². The predicted octanol–water partition coefficient (Wildman–Crippen LogP) is 6.57. The van der Waals surface area contributed by atoms with E-state index in [1.54, 1.807) is 42.5 Å². The van der Waals surface area contributed by atoms with Gasteiger partial charge in [-0.3, -0.25) is 13.9 Å². The van der Waals surface area contributed by atoms with Crippen molar-refractivity contribution < 1.29 is 18.0 Å². The molecule has 0 unspecified atom stereocenters. The molecule has 3 rings (SSSR count). The lowest BCUT2D eigenvalue weighted by molar-refractivity contribution is -0.140. The molecule has 11 heteroatoms. The average Bonchev–Trinajstić information content (AvgIpc) is 2.94. The number of benzene rings is 3. The van der Waals surface area contributed by atoms with Gasteiger partial charge in [0.05, 0.1) is 20.6 Å². The lowest BCUT2D eigenvalue weighted by atomic mass is 10.1. The number of sulfonamides is 1. The zero-order chi connectivity index (χ0) is 29.3. The molecule has 2 amide bonds. The van der Waals surface area contributed by atoms with Crippen LogP contribution in [0, 0.1) is 0 Å². The van der Waals surface area contributed by atoms with E-state index >= 15 is 0 Å². The number of nitrogens with one attached hydrogen (secondary N) is 1. The molecular formula is C29H32Cl3N3O4S. The molecule has 1 atom stereocenters. The largest absolute Gasteiger partial charge is 0.354 e. The van der Waals surface area contributed by atoms with Gasteiger partial charge in [-0.05, 0) is 60.9 Å². The molecule has 0 heterocycles. The number of rotatable bonds is 13. The van der Waals surface area contributed by atoms with Gasteiger partial charge in [0.1, 0.15) is 12.6 Å². The number of halogens is 3. The quantitative estimate of drug-likeness (QED) is 0.218. The SMILES string of the molecule is CCCCNC(=O)[C@H](CC)N(Cc1ccc(Cl)cc1)C(=O)CN(c1ccc(Cl)c(Cl)c1)S(=O)(=O)c1ccccc1. The third-order valence-electron chi connectivity index (χ3n) is 6.28. The van der Waals surface area contributed by atoms with Gasteiger partial charge in [0, 0.05) is 18.1 Å². The Bertz CT molecular complexity index is 1400. The van der Waals surface area contributed by atoms with E-state index < -0.39 is 28.5 Å². The first-order valence-corrected chi connectivity index (χ1v) is 15.5. The van der Waals surface area contributed by atoms with E-state index in [9.17, 15) is 18.0 Å². The van der Waals surface area contributed by atoms with Gasteiger partial charge in [-0.25, -0.2) is 8.42 Å². The number of anilines is 1. The molecule has 0 spiro atoms. The van der Waals surface area contributed by atoms with Crippen molar-refractivity contribution in [1.29, 1.82) is 0 Å². The standard InChI is InChI=1S/C29H32Cl3N3O4S/c1-3-5-17-33-29(37)27(4-2)34(19-21-11-13-22(30)14-12-21)28(36)20-35(23-15-16-25(31)26(32)18-23)40(38,39)24-9-7-6-8-10-24/h6-16,18,27H,3-5,17,19-20H2,1-2H3,(H,33,37)/t27-/m0/s1. The van der Waals surface area contributed by atoms with Crippen LogP contribution in [-0.4, -0.2) is 44.3 Å². The fourth-order valence-corrected chi connectivity index (χ4v) is 5.95. The van der Waals surface area contributed by atoms with Crippen LogP contribution in [0.1, 0.15) is 38.7 Å². The second-order valence-electron chi connectivity index (χ2n) is 9.14. The van der Waals surface area contributed by atoms with E-state index in [1.165, 1.54) is 35.2 Å². The van der Waals surface area contributed by atoms with Gasteiger partial charge in [0.15, 0.2) is 0 Å². The molecule has 3 aromatic rings. The second kappa shape index (κ2) is 14.7. The van der Waals surface area contributed by atoms with Crippen LogP contribution >= 0.6 is 34.8 Å². The zero-order valence-corrected chi connectivity index (χ0v) is 25.4. The number of hydrogen-bond donors (Lipinski definition) is 1. The van der Waals surface area contributed by atoms with Crippen molar-refractivity contribution >= 4 is 62.3 Å². The first-order chi connectivity index (χ1) is 19.1. The maximum Gasteiger partial charge on any atom is 0.264 e. The summed E-state index contributed by atoms with van der Waals surface area (Å²) in [6.07, 6.45) is 2.03. The molecule has 40 heavy (non-hydrogen) atoms. The molecule has 0 aromatic heterocycles. The summed E-state index contributed by atoms with van der Waals surface area (Å²) >= 11 is 18.4. The van der Waals surface area contributed by atoms with Crippen LogP contribution in [0.5, 0.6) is 0 Å². The van der Waals surface area contributed by atoms with Crippen LogP contribution in [0.3, 0.4) is 0 Å². The third-order valence-corrected chi connectivity index (χ3v) is 9.06. The van der Waals surface area contributed by atoms with Crippen molar-refractivity contribution in [2.24, 2.45) is 0 Å². The summed E-state index contributed by atoms with van der Waals surface area (Å²) in [5.74, 6) is -0.858. The molecule has 0 bridgehead atoms. The van der Waals surface area contributed by atoms with Gasteiger partial charge < -0.3 is 10.2 Å². The Morgan fingerprint density at radius 2 is 1.57 bits per heavy atom. The Hall–Kier alpha value is -2.78. The normalized spacial score (nSPS) is 12.0. The van der Waals surface area contributed by atoms with E-state index in [4.69, 9.17) is 34.8 Å². The molecule has 0 aliphatic rings. The van der Waals surface area contributed by atoms with E-state index in [0.717, 1.165) is 22.7 Å². The molecule has 214 valence electrons. The van der Waals surface area contributed by atoms with Crippen LogP contribution in [-0.2, 0) is 26.2 Å². The van der Waals surface area contributed by atoms with Crippen LogP contribution < -0.4 is 9.62 Å². The van der Waals surface area contributed by atoms with Crippen molar-refractivity contribution in [3.63, 3.8) is 0 Å². The number of unbranched alkanes of at least 4 members (excludes halogenated alkanes) is 1. The number of carbonyl (C=O) groups excluding carboxylic acids is 2. The van der Waals surface area contributed by atoms with Gasteiger partial charge in [-0.2, -0.15) is 0 Å². The Morgan fingerprint density at radius 1 is 0.900 bits per heavy atom. The minimum atomic E-state index is -4.19. The van der Waals surface area contributed by atoms with E-state index in [2.05, 4.69) is 5.32 Å². The number of amides is 2. The highest BCUT2D eigenvalue weighted by molar-refractivity contribution is 7.92. The monoisotopic (exact) mass is 623 g/mol. The molecule has 0 radical (unpaired) electrons. The molecule has 7 nitrogen and oxygen atoms in total. The highest BCUT2D eigenvalue weighted by atomic mass is 35.5. The lowest BCUT2D eigenvalue weighted by Gasteiger charge is -2.33. The summed E-state index contributed by atoms with van der Waals surface area (Å²) in [7, 11) is -4.19. The average molecular weight is 625 g/mol. The van der Waals surface area contributed by atoms with Crippen LogP contribution in [0.2, 0.25) is 15.1 Å². The van der Waals surface area contributed by atoms with Crippen LogP contribution in [0.15, 0.2) is 77.7 Å². The molecule has 1 N–H and O–H groups in total. The summed E-state index contributed by atoms with van der Waals surface area (Å²) < 4.78 is 28.6. The fraction of sp³-hybridized carbons (Fsp3) is 0.310. The van der Waals surface area contributed by atoms with Gasteiger partial charge in [0.2, 0.25) is 11.8 Å². The molecule has 0 aliphatic carbocycles. The minimum absolute atomic E-state index is 0.00229. The van der Waals surface area contributed by atoms with Crippen molar-refractivity contribution in [3.8, 4) is 0 Å². The van der Waals surface area contributed by atoms with Crippen molar-refractivity contribution in [1.82, 2.24) is 10.2 Å². The van der Waals surface area contributed by atoms with Crippen molar-refractivity contribution in [2.75, 3.05) is 17.4 Å². The first kappa shape index (κ1) is 31.7. The zero-order valence-electron chi connectivity index (χ0n) is 22.3. The molecule has 0 saturated heterocycles. The molecule has 0 saturated carbocycles. The van der Waals surface area contributed by atoms with Gasteiger partial charge in [-0.15, -0.1) is 0 Å².